The third-order valence-corrected chi connectivity index (χ3v) is 8.61. The SMILES string of the molecule is O=C(NC12CC3CC(CC(C3)C1)C2)C(F)(F)C(F)(F)C(F)(F)C(F)(F)C(F)(F)C(F)(F)C(F)(F)C(F)(F)C(F)(F)C(F)(F)C(F)(F)F. The minimum atomic E-state index is -9.46. The number of carbonyl (C=O) groups is 1. The van der Waals surface area contributed by atoms with Crippen molar-refractivity contribution in [1.29, 1.82) is 0 Å². The maximum absolute atomic E-state index is 14.4. The van der Waals surface area contributed by atoms with Crippen LogP contribution >= 0.6 is 0 Å². The fraction of sp³-hybridized carbons (Fsp3) is 0.955. The Morgan fingerprint density at radius 2 is 0.638 bits per heavy atom. The van der Waals surface area contributed by atoms with Gasteiger partial charge in [0.2, 0.25) is 0 Å². The van der Waals surface area contributed by atoms with Crippen LogP contribution in [0, 0.1) is 17.8 Å². The van der Waals surface area contributed by atoms with Crippen LogP contribution in [0.3, 0.4) is 0 Å². The maximum Gasteiger partial charge on any atom is 0.460 e. The lowest BCUT2D eigenvalue weighted by molar-refractivity contribution is -0.477. The van der Waals surface area contributed by atoms with E-state index in [1.165, 1.54) is 5.32 Å². The van der Waals surface area contributed by atoms with E-state index >= 15 is 0 Å². The molecule has 4 fully saturated rings. The molecular weight excluding hydrogens is 731 g/mol. The van der Waals surface area contributed by atoms with Gasteiger partial charge in [0, 0.05) is 5.54 Å². The van der Waals surface area contributed by atoms with E-state index in [-0.39, 0.29) is 37.0 Å². The van der Waals surface area contributed by atoms with E-state index in [1.54, 1.807) is 0 Å². The van der Waals surface area contributed by atoms with E-state index in [2.05, 4.69) is 0 Å². The normalized spacial score (nSPS) is 27.3. The molecule has 0 unspecified atom stereocenters. The van der Waals surface area contributed by atoms with Gasteiger partial charge in [-0.2, -0.15) is 101 Å². The average Bonchev–Trinajstić information content (AvgIpc) is 2.85. The first-order valence-electron chi connectivity index (χ1n) is 12.5. The lowest BCUT2D eigenvalue weighted by atomic mass is 9.53. The molecule has 0 spiro atoms. The van der Waals surface area contributed by atoms with Crippen LogP contribution in [0.25, 0.3) is 0 Å². The molecule has 0 aromatic carbocycles. The molecule has 0 saturated heterocycles. The molecule has 4 saturated carbocycles. The van der Waals surface area contributed by atoms with Crippen molar-refractivity contribution in [2.45, 2.75) is 109 Å². The van der Waals surface area contributed by atoms with Gasteiger partial charge in [-0.15, -0.1) is 0 Å². The van der Waals surface area contributed by atoms with E-state index in [9.17, 15) is 106 Å². The zero-order valence-electron chi connectivity index (χ0n) is 22.1. The van der Waals surface area contributed by atoms with E-state index in [4.69, 9.17) is 0 Å². The predicted octanol–water partition coefficient (Wildman–Crippen LogP) is 8.99. The fourth-order valence-corrected chi connectivity index (χ4v) is 6.48. The van der Waals surface area contributed by atoms with E-state index in [1.807, 2.05) is 0 Å². The van der Waals surface area contributed by atoms with E-state index in [0.29, 0.717) is 19.3 Å². The molecular formula is C22H16F23NO. The molecule has 25 heteroatoms. The summed E-state index contributed by atoms with van der Waals surface area (Å²) in [4.78, 5) is 12.1. The second kappa shape index (κ2) is 10.2. The molecule has 0 radical (unpaired) electrons. The van der Waals surface area contributed by atoms with Gasteiger partial charge < -0.3 is 5.32 Å². The van der Waals surface area contributed by atoms with Crippen molar-refractivity contribution in [3.63, 3.8) is 0 Å². The second-order valence-corrected chi connectivity index (χ2v) is 11.9. The summed E-state index contributed by atoms with van der Waals surface area (Å²) < 4.78 is 313. The van der Waals surface area contributed by atoms with Crippen molar-refractivity contribution in [3.05, 3.63) is 0 Å². The number of alkyl halides is 23. The number of amides is 1. The highest BCUT2D eigenvalue weighted by molar-refractivity contribution is 5.85. The van der Waals surface area contributed by atoms with Gasteiger partial charge in [0.15, 0.2) is 0 Å². The summed E-state index contributed by atoms with van der Waals surface area (Å²) in [6.45, 7) is 0. The average molecular weight is 747 g/mol. The Hall–Kier alpha value is -2.14. The Balaban J connectivity index is 2.02. The van der Waals surface area contributed by atoms with Gasteiger partial charge in [-0.05, 0) is 56.3 Å². The number of hydrogen-bond acceptors (Lipinski definition) is 1. The van der Waals surface area contributed by atoms with Crippen molar-refractivity contribution in [2.75, 3.05) is 0 Å². The Morgan fingerprint density at radius 3 is 0.894 bits per heavy atom. The molecule has 0 heterocycles. The molecule has 276 valence electrons. The maximum atomic E-state index is 14.4. The zero-order chi connectivity index (χ0) is 37.3. The third-order valence-electron chi connectivity index (χ3n) is 8.61. The smallest absolute Gasteiger partial charge is 0.345 e. The molecule has 0 aromatic heterocycles. The highest BCUT2D eigenvalue weighted by atomic mass is 19.4. The number of hydrogen-bond donors (Lipinski definition) is 1. The van der Waals surface area contributed by atoms with Crippen LogP contribution in [0.15, 0.2) is 0 Å². The Bertz CT molecular complexity index is 1200. The summed E-state index contributed by atoms with van der Waals surface area (Å²) in [7, 11) is 0. The monoisotopic (exact) mass is 747 g/mol. The second-order valence-electron chi connectivity index (χ2n) is 11.9. The molecule has 47 heavy (non-hydrogen) atoms. The van der Waals surface area contributed by atoms with Crippen molar-refractivity contribution >= 4 is 5.91 Å². The van der Waals surface area contributed by atoms with E-state index in [0.717, 1.165) is 0 Å². The predicted molar refractivity (Wildman–Crippen MR) is 105 cm³/mol. The van der Waals surface area contributed by atoms with Gasteiger partial charge in [0.05, 0.1) is 0 Å². The molecule has 4 aliphatic rings. The van der Waals surface area contributed by atoms with Crippen molar-refractivity contribution in [1.82, 2.24) is 5.32 Å². The highest BCUT2D eigenvalue weighted by Crippen LogP contribution is 2.67. The summed E-state index contributed by atoms with van der Waals surface area (Å²) in [6.07, 6.45) is -7.65. The van der Waals surface area contributed by atoms with Crippen LogP contribution in [0.5, 0.6) is 0 Å². The summed E-state index contributed by atoms with van der Waals surface area (Å²) in [6, 6.07) is 0. The third kappa shape index (κ3) is 4.85. The quantitative estimate of drug-likeness (QED) is 0.210. The van der Waals surface area contributed by atoms with Gasteiger partial charge in [-0.1, -0.05) is 0 Å². The Kier molecular flexibility index (Phi) is 8.53. The Labute approximate surface area is 245 Å². The van der Waals surface area contributed by atoms with Crippen molar-refractivity contribution < 1.29 is 106 Å². The van der Waals surface area contributed by atoms with Crippen LogP contribution in [0.2, 0.25) is 0 Å². The highest BCUT2D eigenvalue weighted by Gasteiger charge is 2.99. The van der Waals surface area contributed by atoms with Gasteiger partial charge in [-0.25, -0.2) is 0 Å². The van der Waals surface area contributed by atoms with Crippen LogP contribution in [0.4, 0.5) is 101 Å². The molecule has 2 nitrogen and oxygen atoms in total. The number of nitrogens with one attached hydrogen (secondary N) is 1. The molecule has 4 aliphatic carbocycles. The standard InChI is InChI=1S/C22H16F23NO/c23-12(24,10(47)46-11-4-7-1-8(5-11)3-9(2-7)6-11)13(25,26)14(27,28)15(29,30)16(31,32)17(33,34)18(35,36)19(37,38)20(39,40)21(41,42)22(43,44)45/h7-9H,1-6H2,(H,46,47). The largest absolute Gasteiger partial charge is 0.460 e. The minimum absolute atomic E-state index is 0.272. The molecule has 4 bridgehead atoms. The Morgan fingerprint density at radius 1 is 0.404 bits per heavy atom. The summed E-state index contributed by atoms with van der Waals surface area (Å²) in [5.74, 6) is -93.7. The first kappa shape index (κ1) is 39.3. The molecule has 0 atom stereocenters. The van der Waals surface area contributed by atoms with Crippen LogP contribution in [0.1, 0.15) is 38.5 Å². The number of halogens is 23. The molecule has 4 rings (SSSR count). The molecule has 0 aromatic rings. The van der Waals surface area contributed by atoms with Gasteiger partial charge in [0.1, 0.15) is 0 Å². The summed E-state index contributed by atoms with van der Waals surface area (Å²) in [5.41, 5.74) is -1.88. The first-order chi connectivity index (χ1) is 20.4. The topological polar surface area (TPSA) is 29.1 Å². The zero-order valence-corrected chi connectivity index (χ0v) is 22.1. The molecule has 1 N–H and O–H groups in total. The van der Waals surface area contributed by atoms with Gasteiger partial charge >= 0.3 is 65.4 Å². The van der Waals surface area contributed by atoms with Gasteiger partial charge in [-0.3, -0.25) is 4.79 Å². The van der Waals surface area contributed by atoms with Gasteiger partial charge in [0.25, 0.3) is 5.91 Å². The summed E-state index contributed by atoms with van der Waals surface area (Å²) >= 11 is 0. The minimum Gasteiger partial charge on any atom is -0.345 e. The fourth-order valence-electron chi connectivity index (χ4n) is 6.48. The van der Waals surface area contributed by atoms with Crippen molar-refractivity contribution in [2.24, 2.45) is 17.8 Å². The van der Waals surface area contributed by atoms with Crippen LogP contribution < -0.4 is 5.32 Å². The number of rotatable bonds is 11. The van der Waals surface area contributed by atoms with Crippen LogP contribution in [-0.4, -0.2) is 76.8 Å². The first-order valence-corrected chi connectivity index (χ1v) is 12.5. The molecule has 1 amide bonds. The van der Waals surface area contributed by atoms with Crippen molar-refractivity contribution in [3.8, 4) is 0 Å². The lowest BCUT2D eigenvalue weighted by Crippen LogP contribution is -2.78. The van der Waals surface area contributed by atoms with Crippen LogP contribution in [-0.2, 0) is 4.79 Å². The number of carbonyl (C=O) groups excluding carboxylic acids is 1. The lowest BCUT2D eigenvalue weighted by Gasteiger charge is -2.57. The van der Waals surface area contributed by atoms with E-state index < -0.39 is 76.8 Å². The molecule has 0 aliphatic heterocycles. The summed E-state index contributed by atoms with van der Waals surface area (Å²) in [5, 5.41) is 1.20.